The predicted molar refractivity (Wildman–Crippen MR) is 80.7 cm³/mol. The van der Waals surface area contributed by atoms with Crippen LogP contribution in [0.3, 0.4) is 0 Å². The first-order valence-electron chi connectivity index (χ1n) is 7.61. The van der Waals surface area contributed by atoms with Crippen LogP contribution in [0.4, 0.5) is 0 Å². The van der Waals surface area contributed by atoms with Crippen LogP contribution in [-0.4, -0.2) is 37.7 Å². The molecule has 1 aliphatic rings. The number of nitrogens with zero attached hydrogens (tertiary/aromatic N) is 1. The number of hydrogen-bond acceptors (Lipinski definition) is 4. The second-order valence-electron chi connectivity index (χ2n) is 6.17. The van der Waals surface area contributed by atoms with Gasteiger partial charge in [-0.05, 0) is 31.9 Å². The van der Waals surface area contributed by atoms with E-state index in [-0.39, 0.29) is 0 Å². The molecule has 4 heteroatoms. The molecule has 1 aliphatic heterocycles. The van der Waals surface area contributed by atoms with Crippen molar-refractivity contribution in [3.63, 3.8) is 0 Å². The van der Waals surface area contributed by atoms with Gasteiger partial charge in [-0.3, -0.25) is 4.90 Å². The number of furan rings is 1. The van der Waals surface area contributed by atoms with Gasteiger partial charge in [-0.15, -0.1) is 0 Å². The Morgan fingerprint density at radius 2 is 2.30 bits per heavy atom. The predicted octanol–water partition coefficient (Wildman–Crippen LogP) is 2.55. The van der Waals surface area contributed by atoms with Crippen LogP contribution in [0.2, 0.25) is 0 Å². The third kappa shape index (κ3) is 4.33. The Morgan fingerprint density at radius 3 is 3.00 bits per heavy atom. The topological polar surface area (TPSA) is 37.6 Å². The smallest absolute Gasteiger partial charge is 0.118 e. The summed E-state index contributed by atoms with van der Waals surface area (Å²) in [6.45, 7) is 11.4. The van der Waals surface area contributed by atoms with E-state index in [1.165, 1.54) is 12.0 Å². The Balaban J connectivity index is 1.87. The van der Waals surface area contributed by atoms with E-state index in [0.717, 1.165) is 44.3 Å². The normalized spacial score (nSPS) is 20.1. The molecular formula is C16H28N2O2. The molecule has 0 spiro atoms. The van der Waals surface area contributed by atoms with Crippen LogP contribution < -0.4 is 5.32 Å². The largest absolute Gasteiger partial charge is 0.465 e. The van der Waals surface area contributed by atoms with E-state index in [1.54, 1.807) is 7.11 Å². The highest BCUT2D eigenvalue weighted by Crippen LogP contribution is 2.22. The molecule has 0 aromatic carbocycles. The summed E-state index contributed by atoms with van der Waals surface area (Å²) in [6.07, 6.45) is 1.24. The maximum atomic E-state index is 5.84. The minimum atomic E-state index is 0.484. The van der Waals surface area contributed by atoms with Gasteiger partial charge in [-0.25, -0.2) is 0 Å². The molecule has 0 aliphatic carbocycles. The van der Waals surface area contributed by atoms with Gasteiger partial charge in [0.15, 0.2) is 0 Å². The van der Waals surface area contributed by atoms with E-state index in [4.69, 9.17) is 9.15 Å². The molecule has 2 rings (SSSR count). The summed E-state index contributed by atoms with van der Waals surface area (Å²) < 4.78 is 11.1. The second kappa shape index (κ2) is 7.25. The van der Waals surface area contributed by atoms with Gasteiger partial charge in [0.25, 0.3) is 0 Å². The first kappa shape index (κ1) is 15.5. The molecule has 0 amide bonds. The summed E-state index contributed by atoms with van der Waals surface area (Å²) in [5.41, 5.74) is 1.32. The lowest BCUT2D eigenvalue weighted by Crippen LogP contribution is -2.22. The lowest BCUT2D eigenvalue weighted by atomic mass is 10.1. The molecule has 20 heavy (non-hydrogen) atoms. The summed E-state index contributed by atoms with van der Waals surface area (Å²) >= 11 is 0. The Bertz CT molecular complexity index is 415. The van der Waals surface area contributed by atoms with Gasteiger partial charge in [-0.2, -0.15) is 0 Å². The SMILES string of the molecule is COCC1CCN(Cc2cc(CNC(C)C)oc2C)C1. The Hall–Kier alpha value is -0.840. The Kier molecular flexibility index (Phi) is 5.64. The number of ether oxygens (including phenoxy) is 1. The summed E-state index contributed by atoms with van der Waals surface area (Å²) in [5.74, 6) is 2.79. The van der Waals surface area contributed by atoms with Crippen LogP contribution in [-0.2, 0) is 17.8 Å². The quantitative estimate of drug-likeness (QED) is 0.833. The molecule has 1 N–H and O–H groups in total. The Morgan fingerprint density at radius 1 is 1.50 bits per heavy atom. The average molecular weight is 280 g/mol. The van der Waals surface area contributed by atoms with E-state index < -0.39 is 0 Å². The van der Waals surface area contributed by atoms with Crippen LogP contribution >= 0.6 is 0 Å². The van der Waals surface area contributed by atoms with Gasteiger partial charge in [-0.1, -0.05) is 13.8 Å². The van der Waals surface area contributed by atoms with Crippen LogP contribution in [0.15, 0.2) is 10.5 Å². The zero-order valence-corrected chi connectivity index (χ0v) is 13.2. The van der Waals surface area contributed by atoms with Gasteiger partial charge < -0.3 is 14.5 Å². The maximum absolute atomic E-state index is 5.84. The third-order valence-electron chi connectivity index (χ3n) is 3.92. The molecule has 0 radical (unpaired) electrons. The number of aryl methyl sites for hydroxylation is 1. The molecule has 1 fully saturated rings. The minimum absolute atomic E-state index is 0.484. The second-order valence-corrected chi connectivity index (χ2v) is 6.17. The molecule has 2 heterocycles. The lowest BCUT2D eigenvalue weighted by Gasteiger charge is -2.15. The van der Waals surface area contributed by atoms with E-state index in [2.05, 4.69) is 37.1 Å². The maximum Gasteiger partial charge on any atom is 0.118 e. The van der Waals surface area contributed by atoms with Gasteiger partial charge in [0.2, 0.25) is 0 Å². The Labute approximate surface area is 122 Å². The van der Waals surface area contributed by atoms with Crippen molar-refractivity contribution in [3.05, 3.63) is 23.2 Å². The molecule has 114 valence electrons. The standard InChI is InChI=1S/C16H28N2O2/c1-12(2)17-8-16-7-15(13(3)20-16)10-18-6-5-14(9-18)11-19-4/h7,12,14,17H,5-6,8-11H2,1-4H3. The summed E-state index contributed by atoms with van der Waals surface area (Å²) in [6, 6.07) is 2.69. The summed E-state index contributed by atoms with van der Waals surface area (Å²) in [5, 5.41) is 3.40. The van der Waals surface area contributed by atoms with Crippen LogP contribution in [0, 0.1) is 12.8 Å². The fraction of sp³-hybridized carbons (Fsp3) is 0.750. The lowest BCUT2D eigenvalue weighted by molar-refractivity contribution is 0.152. The highest BCUT2D eigenvalue weighted by molar-refractivity contribution is 5.21. The van der Waals surface area contributed by atoms with Gasteiger partial charge in [0, 0.05) is 31.8 Å². The van der Waals surface area contributed by atoms with Crippen molar-refractivity contribution in [2.75, 3.05) is 26.8 Å². The minimum Gasteiger partial charge on any atom is -0.465 e. The zero-order chi connectivity index (χ0) is 14.5. The molecule has 4 nitrogen and oxygen atoms in total. The van der Waals surface area contributed by atoms with Crippen molar-refractivity contribution >= 4 is 0 Å². The molecule has 1 atom stereocenters. The van der Waals surface area contributed by atoms with Gasteiger partial charge in [0.1, 0.15) is 11.5 Å². The van der Waals surface area contributed by atoms with E-state index in [1.807, 2.05) is 0 Å². The molecule has 0 bridgehead atoms. The highest BCUT2D eigenvalue weighted by Gasteiger charge is 2.23. The fourth-order valence-corrected chi connectivity index (χ4v) is 2.81. The number of likely N-dealkylation sites (tertiary alicyclic amines) is 1. The van der Waals surface area contributed by atoms with E-state index in [9.17, 15) is 0 Å². The van der Waals surface area contributed by atoms with Gasteiger partial charge in [0.05, 0.1) is 13.2 Å². The number of nitrogens with one attached hydrogen (secondary N) is 1. The molecule has 1 saturated heterocycles. The van der Waals surface area contributed by atoms with Gasteiger partial charge >= 0.3 is 0 Å². The third-order valence-corrected chi connectivity index (χ3v) is 3.92. The number of methoxy groups -OCH3 is 1. The van der Waals surface area contributed by atoms with E-state index >= 15 is 0 Å². The fourth-order valence-electron chi connectivity index (χ4n) is 2.81. The number of hydrogen-bond donors (Lipinski definition) is 1. The van der Waals surface area contributed by atoms with Crippen LogP contribution in [0.25, 0.3) is 0 Å². The molecular weight excluding hydrogens is 252 g/mol. The summed E-state index contributed by atoms with van der Waals surface area (Å²) in [4.78, 5) is 2.50. The molecule has 0 saturated carbocycles. The zero-order valence-electron chi connectivity index (χ0n) is 13.2. The molecule has 1 unspecified atom stereocenters. The van der Waals surface area contributed by atoms with Crippen LogP contribution in [0.1, 0.15) is 37.4 Å². The van der Waals surface area contributed by atoms with Crippen molar-refractivity contribution in [2.24, 2.45) is 5.92 Å². The number of rotatable bonds is 7. The summed E-state index contributed by atoms with van der Waals surface area (Å²) in [7, 11) is 1.79. The first-order valence-corrected chi connectivity index (χ1v) is 7.61. The van der Waals surface area contributed by atoms with Crippen molar-refractivity contribution in [3.8, 4) is 0 Å². The first-order chi connectivity index (χ1) is 9.58. The monoisotopic (exact) mass is 280 g/mol. The average Bonchev–Trinajstić information content (AvgIpc) is 2.96. The van der Waals surface area contributed by atoms with Crippen molar-refractivity contribution < 1.29 is 9.15 Å². The van der Waals surface area contributed by atoms with Crippen molar-refractivity contribution in [1.29, 1.82) is 0 Å². The molecule has 1 aromatic rings. The molecule has 1 aromatic heterocycles. The van der Waals surface area contributed by atoms with E-state index in [0.29, 0.717) is 12.0 Å². The van der Waals surface area contributed by atoms with Crippen LogP contribution in [0.5, 0.6) is 0 Å². The van der Waals surface area contributed by atoms with Crippen molar-refractivity contribution in [2.45, 2.75) is 46.3 Å². The van der Waals surface area contributed by atoms with Crippen molar-refractivity contribution in [1.82, 2.24) is 10.2 Å². The highest BCUT2D eigenvalue weighted by atomic mass is 16.5.